The van der Waals surface area contributed by atoms with E-state index in [1.165, 1.54) is 17.5 Å². The van der Waals surface area contributed by atoms with Crippen LogP contribution in [0.5, 0.6) is 0 Å². The summed E-state index contributed by atoms with van der Waals surface area (Å²) >= 11 is 0. The highest BCUT2D eigenvalue weighted by molar-refractivity contribution is 6.05. The summed E-state index contributed by atoms with van der Waals surface area (Å²) in [5.74, 6) is -0.460. The molecule has 2 aliphatic rings. The Morgan fingerprint density at radius 1 is 0.884 bits per heavy atom. The summed E-state index contributed by atoms with van der Waals surface area (Å²) in [5, 5.41) is 6.05. The fourth-order valence-corrected chi connectivity index (χ4v) is 5.61. The molecule has 2 saturated heterocycles. The van der Waals surface area contributed by atoms with Crippen molar-refractivity contribution in [1.29, 1.82) is 0 Å². The standard InChI is InChI=1S/C33H41N5O5/c1-23-9-5-6-11-27(23)36-16-18-37(19-17-36)28-14-13-24(21-26(28)35-31(40)29-12-8-20-42-29)30(39)34-25-10-7-15-38(22-25)32(41)43-33(2,3)4/h5-6,8-9,11-14,20-21,25H,7,10,15-19,22H2,1-4H3,(H,34,39)(H,35,40). The third-order valence-corrected chi connectivity index (χ3v) is 7.74. The molecule has 3 aromatic rings. The molecule has 2 N–H and O–H groups in total. The zero-order valence-electron chi connectivity index (χ0n) is 25.4. The number of hydrogen-bond donors (Lipinski definition) is 2. The molecule has 10 nitrogen and oxygen atoms in total. The summed E-state index contributed by atoms with van der Waals surface area (Å²) in [7, 11) is 0. The van der Waals surface area contributed by atoms with Crippen LogP contribution in [0.1, 0.15) is 60.1 Å². The van der Waals surface area contributed by atoms with Crippen molar-refractivity contribution in [3.8, 4) is 0 Å². The molecule has 43 heavy (non-hydrogen) atoms. The maximum atomic E-state index is 13.4. The van der Waals surface area contributed by atoms with Crippen LogP contribution in [0.15, 0.2) is 65.3 Å². The Hall–Kier alpha value is -4.47. The van der Waals surface area contributed by atoms with E-state index in [2.05, 4.69) is 45.6 Å². The number of ether oxygens (including phenoxy) is 1. The molecule has 1 aromatic heterocycles. The van der Waals surface area contributed by atoms with Gasteiger partial charge in [0.05, 0.1) is 17.6 Å². The SMILES string of the molecule is Cc1ccccc1N1CCN(c2ccc(C(=O)NC3CCCN(C(=O)OC(C)(C)C)C3)cc2NC(=O)c2ccco2)CC1. The minimum absolute atomic E-state index is 0.189. The van der Waals surface area contributed by atoms with Gasteiger partial charge in [0.2, 0.25) is 0 Å². The van der Waals surface area contributed by atoms with Crippen molar-refractivity contribution < 1.29 is 23.5 Å². The quantitative estimate of drug-likeness (QED) is 0.403. The van der Waals surface area contributed by atoms with Crippen molar-refractivity contribution in [1.82, 2.24) is 10.2 Å². The topological polar surface area (TPSA) is 107 Å². The highest BCUT2D eigenvalue weighted by Gasteiger charge is 2.29. The van der Waals surface area contributed by atoms with Crippen molar-refractivity contribution in [3.63, 3.8) is 0 Å². The van der Waals surface area contributed by atoms with E-state index in [9.17, 15) is 14.4 Å². The van der Waals surface area contributed by atoms with E-state index >= 15 is 0 Å². The van der Waals surface area contributed by atoms with Gasteiger partial charge >= 0.3 is 6.09 Å². The molecule has 5 rings (SSSR count). The van der Waals surface area contributed by atoms with Crippen LogP contribution in [0.25, 0.3) is 0 Å². The number of hydrogen-bond acceptors (Lipinski definition) is 7. The molecule has 1 unspecified atom stereocenters. The van der Waals surface area contributed by atoms with Gasteiger partial charge in [0.15, 0.2) is 5.76 Å². The Morgan fingerprint density at radius 3 is 2.28 bits per heavy atom. The second-order valence-electron chi connectivity index (χ2n) is 12.2. The molecule has 2 aliphatic heterocycles. The molecular weight excluding hydrogens is 546 g/mol. The van der Waals surface area contributed by atoms with E-state index in [1.807, 2.05) is 32.9 Å². The van der Waals surface area contributed by atoms with E-state index in [1.54, 1.807) is 29.2 Å². The second-order valence-corrected chi connectivity index (χ2v) is 12.2. The molecule has 0 saturated carbocycles. The molecule has 10 heteroatoms. The zero-order chi connectivity index (χ0) is 30.6. The molecule has 228 valence electrons. The van der Waals surface area contributed by atoms with Crippen LogP contribution in [0.2, 0.25) is 0 Å². The van der Waals surface area contributed by atoms with E-state index in [4.69, 9.17) is 9.15 Å². The summed E-state index contributed by atoms with van der Waals surface area (Å²) in [6.45, 7) is 11.8. The highest BCUT2D eigenvalue weighted by Crippen LogP contribution is 2.31. The van der Waals surface area contributed by atoms with Gasteiger partial charge < -0.3 is 34.5 Å². The molecular formula is C33H41N5O5. The summed E-state index contributed by atoms with van der Waals surface area (Å²) in [5.41, 5.74) is 3.69. The molecule has 3 heterocycles. The van der Waals surface area contributed by atoms with Gasteiger partial charge in [0.1, 0.15) is 5.60 Å². The molecule has 0 bridgehead atoms. The van der Waals surface area contributed by atoms with Crippen LogP contribution >= 0.6 is 0 Å². The monoisotopic (exact) mass is 587 g/mol. The van der Waals surface area contributed by atoms with Crippen LogP contribution in [0, 0.1) is 6.92 Å². The Kier molecular flexibility index (Phi) is 8.94. The van der Waals surface area contributed by atoms with Gasteiger partial charge in [-0.1, -0.05) is 18.2 Å². The molecule has 0 spiro atoms. The Morgan fingerprint density at radius 2 is 1.60 bits per heavy atom. The van der Waals surface area contributed by atoms with Crippen molar-refractivity contribution in [2.24, 2.45) is 0 Å². The number of benzene rings is 2. The number of piperazine rings is 1. The van der Waals surface area contributed by atoms with Gasteiger partial charge in [-0.05, 0) is 82.5 Å². The summed E-state index contributed by atoms with van der Waals surface area (Å²) in [4.78, 5) is 45.3. The zero-order valence-corrected chi connectivity index (χ0v) is 25.4. The lowest BCUT2D eigenvalue weighted by Crippen LogP contribution is -2.50. The van der Waals surface area contributed by atoms with Gasteiger partial charge in [0.25, 0.3) is 11.8 Å². The van der Waals surface area contributed by atoms with Crippen LogP contribution in [0.3, 0.4) is 0 Å². The Labute approximate surface area is 253 Å². The number of nitrogens with one attached hydrogen (secondary N) is 2. The van der Waals surface area contributed by atoms with Crippen molar-refractivity contribution in [3.05, 3.63) is 77.7 Å². The number of amides is 3. The number of carbonyl (C=O) groups excluding carboxylic acids is 3. The number of rotatable bonds is 6. The van der Waals surface area contributed by atoms with E-state index < -0.39 is 5.60 Å². The predicted molar refractivity (Wildman–Crippen MR) is 167 cm³/mol. The van der Waals surface area contributed by atoms with Gasteiger partial charge in [-0.25, -0.2) is 4.79 Å². The van der Waals surface area contributed by atoms with Gasteiger partial charge in [-0.15, -0.1) is 0 Å². The van der Waals surface area contributed by atoms with Crippen LogP contribution in [-0.4, -0.2) is 73.7 Å². The van der Waals surface area contributed by atoms with Gasteiger partial charge in [-0.3, -0.25) is 9.59 Å². The van der Waals surface area contributed by atoms with Crippen LogP contribution in [0.4, 0.5) is 21.9 Å². The number of piperidine rings is 1. The lowest BCUT2D eigenvalue weighted by atomic mass is 10.0. The third-order valence-electron chi connectivity index (χ3n) is 7.74. The normalized spacial score (nSPS) is 17.4. The van der Waals surface area contributed by atoms with E-state index in [0.717, 1.165) is 44.7 Å². The maximum Gasteiger partial charge on any atom is 0.410 e. The van der Waals surface area contributed by atoms with E-state index in [-0.39, 0.29) is 29.7 Å². The average molecular weight is 588 g/mol. The second kappa shape index (κ2) is 12.8. The highest BCUT2D eigenvalue weighted by atomic mass is 16.6. The van der Waals surface area contributed by atoms with Gasteiger partial charge in [-0.2, -0.15) is 0 Å². The lowest BCUT2D eigenvalue weighted by Gasteiger charge is -2.38. The number of para-hydroxylation sites is 1. The number of furan rings is 1. The average Bonchev–Trinajstić information content (AvgIpc) is 3.52. The molecule has 0 aliphatic carbocycles. The van der Waals surface area contributed by atoms with Crippen LogP contribution < -0.4 is 20.4 Å². The molecule has 0 radical (unpaired) electrons. The number of carbonyl (C=O) groups is 3. The summed E-state index contributed by atoms with van der Waals surface area (Å²) < 4.78 is 10.8. The van der Waals surface area contributed by atoms with Crippen molar-refractivity contribution in [2.75, 3.05) is 54.4 Å². The van der Waals surface area contributed by atoms with Crippen LogP contribution in [-0.2, 0) is 4.74 Å². The number of nitrogens with zero attached hydrogens (tertiary/aromatic N) is 3. The number of likely N-dealkylation sites (tertiary alicyclic amines) is 1. The molecule has 3 amide bonds. The van der Waals surface area contributed by atoms with Crippen molar-refractivity contribution >= 4 is 35.0 Å². The van der Waals surface area contributed by atoms with Gasteiger partial charge in [0, 0.05) is 56.6 Å². The smallest absolute Gasteiger partial charge is 0.410 e. The predicted octanol–water partition coefficient (Wildman–Crippen LogP) is 5.30. The fourth-order valence-electron chi connectivity index (χ4n) is 5.61. The largest absolute Gasteiger partial charge is 0.459 e. The fraction of sp³-hybridized carbons (Fsp3) is 0.424. The first-order valence-electron chi connectivity index (χ1n) is 14.9. The summed E-state index contributed by atoms with van der Waals surface area (Å²) in [6.07, 6.45) is 2.61. The van der Waals surface area contributed by atoms with Crippen molar-refractivity contribution in [2.45, 2.75) is 52.2 Å². The first kappa shape index (κ1) is 30.0. The minimum atomic E-state index is -0.585. The minimum Gasteiger partial charge on any atom is -0.459 e. The first-order chi connectivity index (χ1) is 20.6. The Bertz CT molecular complexity index is 1440. The first-order valence-corrected chi connectivity index (χ1v) is 14.9. The maximum absolute atomic E-state index is 13.4. The Balaban J connectivity index is 1.31. The molecule has 2 fully saturated rings. The number of anilines is 3. The molecule has 1 atom stereocenters. The summed E-state index contributed by atoms with van der Waals surface area (Å²) in [6, 6.07) is 16.8. The lowest BCUT2D eigenvalue weighted by molar-refractivity contribution is 0.0185. The van der Waals surface area contributed by atoms with E-state index in [0.29, 0.717) is 24.3 Å². The molecule has 2 aromatic carbocycles. The number of aryl methyl sites for hydroxylation is 1. The third kappa shape index (κ3) is 7.49.